The van der Waals surface area contributed by atoms with Crippen LogP contribution in [0.4, 0.5) is 0 Å². The molecule has 2 N–H and O–H groups in total. The minimum absolute atomic E-state index is 0.433. The fraction of sp³-hybridized carbons (Fsp3) is 0.692. The average Bonchev–Trinajstić information content (AvgIpc) is 2.82. The zero-order valence-corrected chi connectivity index (χ0v) is 10.2. The van der Waals surface area contributed by atoms with Crippen LogP contribution < -0.4 is 5.73 Å². The fourth-order valence-corrected chi connectivity index (χ4v) is 2.65. The molecule has 2 rings (SSSR count). The SMILES string of the molecule is CC1CCC(CN)CN1C(C)c1ccoc1. The summed E-state index contributed by atoms with van der Waals surface area (Å²) in [4.78, 5) is 2.55. The maximum absolute atomic E-state index is 5.78. The van der Waals surface area contributed by atoms with Crippen LogP contribution in [-0.4, -0.2) is 24.0 Å². The second-order valence-corrected chi connectivity index (χ2v) is 4.96. The quantitative estimate of drug-likeness (QED) is 0.854. The van der Waals surface area contributed by atoms with E-state index in [0.717, 1.165) is 13.1 Å². The van der Waals surface area contributed by atoms with E-state index in [0.29, 0.717) is 18.0 Å². The van der Waals surface area contributed by atoms with E-state index in [2.05, 4.69) is 24.8 Å². The number of furan rings is 1. The summed E-state index contributed by atoms with van der Waals surface area (Å²) in [6, 6.07) is 3.14. The third-order valence-corrected chi connectivity index (χ3v) is 3.88. The molecule has 2 heterocycles. The van der Waals surface area contributed by atoms with Crippen LogP contribution in [0.5, 0.6) is 0 Å². The summed E-state index contributed by atoms with van der Waals surface area (Å²) in [7, 11) is 0. The highest BCUT2D eigenvalue weighted by molar-refractivity contribution is 5.11. The van der Waals surface area contributed by atoms with Crippen LogP contribution in [-0.2, 0) is 0 Å². The van der Waals surface area contributed by atoms with E-state index in [1.54, 1.807) is 6.26 Å². The van der Waals surface area contributed by atoms with Crippen LogP contribution in [0.1, 0.15) is 38.3 Å². The second-order valence-electron chi connectivity index (χ2n) is 4.96. The molecule has 0 bridgehead atoms. The summed E-state index contributed by atoms with van der Waals surface area (Å²) in [5.74, 6) is 0.658. The van der Waals surface area contributed by atoms with Crippen LogP contribution >= 0.6 is 0 Å². The van der Waals surface area contributed by atoms with Crippen LogP contribution in [0, 0.1) is 5.92 Å². The lowest BCUT2D eigenvalue weighted by Crippen LogP contribution is -2.44. The number of likely N-dealkylation sites (tertiary alicyclic amines) is 1. The summed E-state index contributed by atoms with van der Waals surface area (Å²) < 4.78 is 5.16. The molecule has 0 amide bonds. The molecule has 0 aliphatic carbocycles. The predicted octanol–water partition coefficient (Wildman–Crippen LogP) is 2.40. The summed E-state index contributed by atoms with van der Waals surface area (Å²) >= 11 is 0. The van der Waals surface area contributed by atoms with Gasteiger partial charge < -0.3 is 10.2 Å². The van der Waals surface area contributed by atoms with E-state index >= 15 is 0 Å². The lowest BCUT2D eigenvalue weighted by Gasteiger charge is -2.41. The Bertz CT molecular complexity index is 310. The molecule has 3 heteroatoms. The van der Waals surface area contributed by atoms with Crippen molar-refractivity contribution in [2.24, 2.45) is 11.7 Å². The van der Waals surface area contributed by atoms with E-state index in [9.17, 15) is 0 Å². The van der Waals surface area contributed by atoms with Crippen LogP contribution in [0.25, 0.3) is 0 Å². The zero-order chi connectivity index (χ0) is 11.5. The molecule has 0 radical (unpaired) electrons. The van der Waals surface area contributed by atoms with Gasteiger partial charge in [-0.05, 0) is 45.2 Å². The van der Waals surface area contributed by atoms with Gasteiger partial charge in [-0.3, -0.25) is 4.90 Å². The highest BCUT2D eigenvalue weighted by Gasteiger charge is 2.28. The first-order valence-corrected chi connectivity index (χ1v) is 6.20. The minimum Gasteiger partial charge on any atom is -0.472 e. The van der Waals surface area contributed by atoms with E-state index in [-0.39, 0.29) is 0 Å². The van der Waals surface area contributed by atoms with Crippen LogP contribution in [0.15, 0.2) is 23.0 Å². The van der Waals surface area contributed by atoms with E-state index in [4.69, 9.17) is 10.2 Å². The molecule has 0 aromatic carbocycles. The minimum atomic E-state index is 0.433. The molecule has 3 nitrogen and oxygen atoms in total. The molecular weight excluding hydrogens is 200 g/mol. The molecule has 1 fully saturated rings. The average molecular weight is 222 g/mol. The van der Waals surface area contributed by atoms with E-state index in [1.165, 1.54) is 18.4 Å². The predicted molar refractivity (Wildman–Crippen MR) is 65.1 cm³/mol. The van der Waals surface area contributed by atoms with Crippen LogP contribution in [0.2, 0.25) is 0 Å². The van der Waals surface area contributed by atoms with Gasteiger partial charge in [-0.2, -0.15) is 0 Å². The van der Waals surface area contributed by atoms with Crippen LogP contribution in [0.3, 0.4) is 0 Å². The summed E-state index contributed by atoms with van der Waals surface area (Å²) in [5.41, 5.74) is 7.05. The molecule has 1 aliphatic rings. The third-order valence-electron chi connectivity index (χ3n) is 3.88. The Labute approximate surface area is 97.6 Å². The largest absolute Gasteiger partial charge is 0.472 e. The highest BCUT2D eigenvalue weighted by Crippen LogP contribution is 2.30. The molecule has 1 saturated heterocycles. The topological polar surface area (TPSA) is 42.4 Å². The number of piperidine rings is 1. The molecule has 1 aromatic rings. The standard InChI is InChI=1S/C13H22N2O/c1-10-3-4-12(7-14)8-15(10)11(2)13-5-6-16-9-13/h5-6,9-12H,3-4,7-8,14H2,1-2H3. The Hall–Kier alpha value is -0.800. The van der Waals surface area contributed by atoms with Gasteiger partial charge in [0.2, 0.25) is 0 Å². The van der Waals surface area contributed by atoms with Gasteiger partial charge in [0.1, 0.15) is 0 Å². The lowest BCUT2D eigenvalue weighted by molar-refractivity contribution is 0.0810. The zero-order valence-electron chi connectivity index (χ0n) is 10.2. The highest BCUT2D eigenvalue weighted by atomic mass is 16.3. The lowest BCUT2D eigenvalue weighted by atomic mass is 9.91. The summed E-state index contributed by atoms with van der Waals surface area (Å²) in [5, 5.41) is 0. The van der Waals surface area contributed by atoms with Crippen molar-refractivity contribution in [1.82, 2.24) is 4.90 Å². The van der Waals surface area contributed by atoms with Gasteiger partial charge in [0.15, 0.2) is 0 Å². The van der Waals surface area contributed by atoms with Gasteiger partial charge in [-0.1, -0.05) is 0 Å². The van der Waals surface area contributed by atoms with Gasteiger partial charge >= 0.3 is 0 Å². The Morgan fingerprint density at radius 1 is 1.56 bits per heavy atom. The Morgan fingerprint density at radius 3 is 3.00 bits per heavy atom. The first-order chi connectivity index (χ1) is 7.72. The number of hydrogen-bond donors (Lipinski definition) is 1. The Kier molecular flexibility index (Phi) is 3.66. The molecule has 16 heavy (non-hydrogen) atoms. The number of nitrogens with two attached hydrogens (primary N) is 1. The molecule has 90 valence electrons. The first kappa shape index (κ1) is 11.7. The number of hydrogen-bond acceptors (Lipinski definition) is 3. The van der Waals surface area contributed by atoms with Crippen molar-refractivity contribution in [2.45, 2.75) is 38.8 Å². The van der Waals surface area contributed by atoms with E-state index < -0.39 is 0 Å². The van der Waals surface area contributed by atoms with Gasteiger partial charge in [-0.15, -0.1) is 0 Å². The summed E-state index contributed by atoms with van der Waals surface area (Å²) in [6.07, 6.45) is 6.13. The third kappa shape index (κ3) is 2.30. The smallest absolute Gasteiger partial charge is 0.0950 e. The van der Waals surface area contributed by atoms with Crippen molar-refractivity contribution in [1.29, 1.82) is 0 Å². The van der Waals surface area contributed by atoms with Crippen molar-refractivity contribution in [3.63, 3.8) is 0 Å². The molecule has 3 atom stereocenters. The maximum atomic E-state index is 5.78. The van der Waals surface area contributed by atoms with Crippen molar-refractivity contribution in [3.8, 4) is 0 Å². The number of rotatable bonds is 3. The molecule has 1 aromatic heterocycles. The number of nitrogens with zero attached hydrogens (tertiary/aromatic N) is 1. The molecule has 3 unspecified atom stereocenters. The second kappa shape index (κ2) is 5.02. The van der Waals surface area contributed by atoms with Crippen molar-refractivity contribution >= 4 is 0 Å². The van der Waals surface area contributed by atoms with Gasteiger partial charge in [0.05, 0.1) is 12.5 Å². The molecule has 0 spiro atoms. The first-order valence-electron chi connectivity index (χ1n) is 6.20. The molecule has 0 saturated carbocycles. The van der Waals surface area contributed by atoms with Gasteiger partial charge in [0.25, 0.3) is 0 Å². The normalized spacial score (nSPS) is 29.2. The van der Waals surface area contributed by atoms with Gasteiger partial charge in [0, 0.05) is 24.2 Å². The molecular formula is C13H22N2O. The van der Waals surface area contributed by atoms with Crippen molar-refractivity contribution < 1.29 is 4.42 Å². The Morgan fingerprint density at radius 2 is 2.38 bits per heavy atom. The Balaban J connectivity index is 2.06. The summed E-state index contributed by atoms with van der Waals surface area (Å²) in [6.45, 7) is 6.48. The van der Waals surface area contributed by atoms with E-state index in [1.807, 2.05) is 6.26 Å². The van der Waals surface area contributed by atoms with Crippen molar-refractivity contribution in [2.75, 3.05) is 13.1 Å². The monoisotopic (exact) mass is 222 g/mol. The van der Waals surface area contributed by atoms with Gasteiger partial charge in [-0.25, -0.2) is 0 Å². The van der Waals surface area contributed by atoms with Crippen molar-refractivity contribution in [3.05, 3.63) is 24.2 Å². The molecule has 1 aliphatic heterocycles. The maximum Gasteiger partial charge on any atom is 0.0950 e. The fourth-order valence-electron chi connectivity index (χ4n) is 2.65.